The predicted molar refractivity (Wildman–Crippen MR) is 85.8 cm³/mol. The Balaban J connectivity index is 1.78. The number of aromatic amines is 1. The molecule has 1 N–H and O–H groups in total. The summed E-state index contributed by atoms with van der Waals surface area (Å²) < 4.78 is 5.86. The van der Waals surface area contributed by atoms with Gasteiger partial charge in [0.05, 0.1) is 11.0 Å². The SMILES string of the molecule is C=CCc1ccccc1OCc1nc2ccc(Cl)cc2[nH]1. The Kier molecular flexibility index (Phi) is 3.93. The average molecular weight is 299 g/mol. The average Bonchev–Trinajstić information content (AvgIpc) is 2.88. The molecule has 4 heteroatoms. The lowest BCUT2D eigenvalue weighted by molar-refractivity contribution is 0.295. The van der Waals surface area contributed by atoms with Gasteiger partial charge in [-0.05, 0) is 36.2 Å². The monoisotopic (exact) mass is 298 g/mol. The number of imidazole rings is 1. The predicted octanol–water partition coefficient (Wildman–Crippen LogP) is 4.52. The number of hydrogen-bond acceptors (Lipinski definition) is 2. The van der Waals surface area contributed by atoms with Gasteiger partial charge in [-0.3, -0.25) is 0 Å². The third-order valence-corrected chi connectivity index (χ3v) is 3.43. The van der Waals surface area contributed by atoms with E-state index in [1.54, 1.807) is 0 Å². The highest BCUT2D eigenvalue weighted by Crippen LogP contribution is 2.21. The van der Waals surface area contributed by atoms with E-state index in [1.807, 2.05) is 48.5 Å². The van der Waals surface area contributed by atoms with Crippen LogP contribution >= 0.6 is 11.6 Å². The van der Waals surface area contributed by atoms with Gasteiger partial charge >= 0.3 is 0 Å². The highest BCUT2D eigenvalue weighted by Gasteiger charge is 2.06. The number of halogens is 1. The molecular weight excluding hydrogens is 284 g/mol. The van der Waals surface area contributed by atoms with E-state index >= 15 is 0 Å². The summed E-state index contributed by atoms with van der Waals surface area (Å²) in [6, 6.07) is 13.5. The van der Waals surface area contributed by atoms with Crippen molar-refractivity contribution < 1.29 is 4.74 Å². The number of ether oxygens (including phenoxy) is 1. The second kappa shape index (κ2) is 6.02. The standard InChI is InChI=1S/C17H15ClN2O/c1-2-5-12-6-3-4-7-16(12)21-11-17-19-14-9-8-13(18)10-15(14)20-17/h2-4,6-10H,1,5,11H2,(H,19,20). The van der Waals surface area contributed by atoms with Crippen LogP contribution < -0.4 is 4.74 Å². The molecular formula is C17H15ClN2O. The summed E-state index contributed by atoms with van der Waals surface area (Å²) in [6.07, 6.45) is 2.65. The molecule has 3 nitrogen and oxygen atoms in total. The molecule has 0 unspecified atom stereocenters. The number of para-hydroxylation sites is 1. The van der Waals surface area contributed by atoms with Gasteiger partial charge in [-0.15, -0.1) is 6.58 Å². The Morgan fingerprint density at radius 1 is 1.24 bits per heavy atom. The van der Waals surface area contributed by atoms with E-state index < -0.39 is 0 Å². The second-order valence-corrected chi connectivity index (χ2v) is 5.17. The molecule has 1 aromatic heterocycles. The number of fused-ring (bicyclic) bond motifs is 1. The van der Waals surface area contributed by atoms with Crippen molar-refractivity contribution in [3.8, 4) is 5.75 Å². The minimum Gasteiger partial charge on any atom is -0.485 e. The molecule has 2 aromatic carbocycles. The number of nitrogens with zero attached hydrogens (tertiary/aromatic N) is 1. The van der Waals surface area contributed by atoms with Gasteiger partial charge in [-0.2, -0.15) is 0 Å². The van der Waals surface area contributed by atoms with Crippen molar-refractivity contribution in [2.24, 2.45) is 0 Å². The normalized spacial score (nSPS) is 10.7. The summed E-state index contributed by atoms with van der Waals surface area (Å²) in [5.74, 6) is 1.64. The molecule has 0 saturated carbocycles. The summed E-state index contributed by atoms with van der Waals surface area (Å²) in [6.45, 7) is 4.16. The minimum atomic E-state index is 0.389. The van der Waals surface area contributed by atoms with Gasteiger partial charge < -0.3 is 9.72 Å². The van der Waals surface area contributed by atoms with Crippen LogP contribution in [0.1, 0.15) is 11.4 Å². The number of aromatic nitrogens is 2. The van der Waals surface area contributed by atoms with Crippen LogP contribution in [0.4, 0.5) is 0 Å². The molecule has 3 aromatic rings. The number of allylic oxidation sites excluding steroid dienone is 1. The summed E-state index contributed by atoms with van der Waals surface area (Å²) in [5, 5.41) is 0.690. The Labute approximate surface area is 128 Å². The van der Waals surface area contributed by atoms with Crippen LogP contribution in [0.3, 0.4) is 0 Å². The lowest BCUT2D eigenvalue weighted by Gasteiger charge is -2.08. The van der Waals surface area contributed by atoms with Crippen LogP contribution in [-0.2, 0) is 13.0 Å². The number of benzene rings is 2. The zero-order chi connectivity index (χ0) is 14.7. The van der Waals surface area contributed by atoms with E-state index in [0.717, 1.165) is 34.6 Å². The minimum absolute atomic E-state index is 0.389. The van der Waals surface area contributed by atoms with Crippen molar-refractivity contribution in [1.29, 1.82) is 0 Å². The lowest BCUT2D eigenvalue weighted by atomic mass is 10.1. The zero-order valence-corrected chi connectivity index (χ0v) is 12.2. The van der Waals surface area contributed by atoms with Crippen molar-refractivity contribution in [2.45, 2.75) is 13.0 Å². The molecule has 0 fully saturated rings. The topological polar surface area (TPSA) is 37.9 Å². The number of hydrogen-bond donors (Lipinski definition) is 1. The van der Waals surface area contributed by atoms with E-state index in [4.69, 9.17) is 16.3 Å². The molecule has 1 heterocycles. The lowest BCUT2D eigenvalue weighted by Crippen LogP contribution is -1.99. The van der Waals surface area contributed by atoms with E-state index in [9.17, 15) is 0 Å². The van der Waals surface area contributed by atoms with Gasteiger partial charge in [0.15, 0.2) is 0 Å². The van der Waals surface area contributed by atoms with Crippen LogP contribution in [0.5, 0.6) is 5.75 Å². The van der Waals surface area contributed by atoms with Crippen molar-refractivity contribution in [2.75, 3.05) is 0 Å². The summed E-state index contributed by atoms with van der Waals surface area (Å²) in [7, 11) is 0. The third kappa shape index (κ3) is 3.09. The van der Waals surface area contributed by atoms with Gasteiger partial charge in [-0.25, -0.2) is 4.98 Å². The van der Waals surface area contributed by atoms with E-state index in [1.165, 1.54) is 0 Å². The first kappa shape index (κ1) is 13.7. The van der Waals surface area contributed by atoms with Gasteiger partial charge in [0.25, 0.3) is 0 Å². The van der Waals surface area contributed by atoms with Crippen LogP contribution in [-0.4, -0.2) is 9.97 Å². The molecule has 3 rings (SSSR count). The summed E-state index contributed by atoms with van der Waals surface area (Å²) in [5.41, 5.74) is 2.92. The molecule has 0 amide bonds. The Bertz CT molecular complexity index is 779. The van der Waals surface area contributed by atoms with Crippen LogP contribution in [0, 0.1) is 0 Å². The van der Waals surface area contributed by atoms with Gasteiger partial charge in [0.1, 0.15) is 18.2 Å². The maximum atomic E-state index is 5.97. The van der Waals surface area contributed by atoms with E-state index in [2.05, 4.69) is 16.5 Å². The summed E-state index contributed by atoms with van der Waals surface area (Å²) in [4.78, 5) is 7.70. The van der Waals surface area contributed by atoms with Gasteiger partial charge in [0, 0.05) is 5.02 Å². The molecule has 0 bridgehead atoms. The van der Waals surface area contributed by atoms with Gasteiger partial charge in [0.2, 0.25) is 0 Å². The molecule has 0 saturated heterocycles. The zero-order valence-electron chi connectivity index (χ0n) is 11.5. The van der Waals surface area contributed by atoms with E-state index in [-0.39, 0.29) is 0 Å². The smallest absolute Gasteiger partial charge is 0.146 e. The van der Waals surface area contributed by atoms with Crippen LogP contribution in [0.15, 0.2) is 55.1 Å². The molecule has 0 atom stereocenters. The third-order valence-electron chi connectivity index (χ3n) is 3.19. The Morgan fingerprint density at radius 2 is 2.10 bits per heavy atom. The number of nitrogens with one attached hydrogen (secondary N) is 1. The quantitative estimate of drug-likeness (QED) is 0.703. The highest BCUT2D eigenvalue weighted by molar-refractivity contribution is 6.31. The van der Waals surface area contributed by atoms with Crippen molar-refractivity contribution in [3.05, 3.63) is 71.5 Å². The first-order chi connectivity index (χ1) is 10.3. The van der Waals surface area contributed by atoms with Gasteiger partial charge in [-0.1, -0.05) is 35.9 Å². The second-order valence-electron chi connectivity index (χ2n) is 4.73. The molecule has 0 aliphatic rings. The summed E-state index contributed by atoms with van der Waals surface area (Å²) >= 11 is 5.97. The molecule has 0 aliphatic carbocycles. The fraction of sp³-hybridized carbons (Fsp3) is 0.118. The molecule has 0 spiro atoms. The Hall–Kier alpha value is -2.26. The Morgan fingerprint density at radius 3 is 2.95 bits per heavy atom. The highest BCUT2D eigenvalue weighted by atomic mass is 35.5. The number of H-pyrrole nitrogens is 1. The first-order valence-corrected chi connectivity index (χ1v) is 7.10. The number of rotatable bonds is 5. The maximum absolute atomic E-state index is 5.97. The van der Waals surface area contributed by atoms with Crippen LogP contribution in [0.2, 0.25) is 5.02 Å². The van der Waals surface area contributed by atoms with Crippen molar-refractivity contribution in [3.63, 3.8) is 0 Å². The van der Waals surface area contributed by atoms with Crippen molar-refractivity contribution in [1.82, 2.24) is 9.97 Å². The largest absolute Gasteiger partial charge is 0.485 e. The maximum Gasteiger partial charge on any atom is 0.146 e. The fourth-order valence-corrected chi connectivity index (χ4v) is 2.39. The molecule has 106 valence electrons. The molecule has 0 aliphatic heterocycles. The fourth-order valence-electron chi connectivity index (χ4n) is 2.22. The van der Waals surface area contributed by atoms with Crippen LogP contribution in [0.25, 0.3) is 11.0 Å². The van der Waals surface area contributed by atoms with Crippen molar-refractivity contribution >= 4 is 22.6 Å². The molecule has 21 heavy (non-hydrogen) atoms. The molecule has 0 radical (unpaired) electrons. The first-order valence-electron chi connectivity index (χ1n) is 6.72. The van der Waals surface area contributed by atoms with E-state index in [0.29, 0.717) is 11.6 Å².